The smallest absolute Gasteiger partial charge is 0.322 e. The molecule has 0 radical (unpaired) electrons. The van der Waals surface area contributed by atoms with E-state index in [4.69, 9.17) is 0 Å². The highest BCUT2D eigenvalue weighted by atomic mass is 32.2. The second-order valence-corrected chi connectivity index (χ2v) is 8.27. The summed E-state index contributed by atoms with van der Waals surface area (Å²) in [4.78, 5) is 30.1. The molecule has 0 aliphatic rings. The second-order valence-electron chi connectivity index (χ2n) is 7.26. The zero-order valence-corrected chi connectivity index (χ0v) is 18.2. The number of amides is 1. The summed E-state index contributed by atoms with van der Waals surface area (Å²) in [5, 5.41) is 3.24. The van der Waals surface area contributed by atoms with Gasteiger partial charge < -0.3 is 5.32 Å². The Bertz CT molecular complexity index is 1320. The summed E-state index contributed by atoms with van der Waals surface area (Å²) in [7, 11) is 0. The molecular weight excluding hydrogens is 451 g/mol. The van der Waals surface area contributed by atoms with Crippen molar-refractivity contribution in [3.8, 4) is 0 Å². The first-order chi connectivity index (χ1) is 15.7. The fourth-order valence-corrected chi connectivity index (χ4v) is 4.44. The lowest BCUT2D eigenvalue weighted by molar-refractivity contribution is -0.137. The number of thioether (sulfide) groups is 1. The number of rotatable bonds is 5. The summed E-state index contributed by atoms with van der Waals surface area (Å²) in [5.74, 6) is -0.145. The minimum Gasteiger partial charge on any atom is -0.322 e. The number of hydrogen-bond donors (Lipinski definition) is 1. The highest BCUT2D eigenvalue weighted by molar-refractivity contribution is 7.98. The first-order valence-electron chi connectivity index (χ1n) is 9.89. The first kappa shape index (κ1) is 22.6. The minimum absolute atomic E-state index is 0.221. The van der Waals surface area contributed by atoms with Gasteiger partial charge in [0, 0.05) is 47.2 Å². The zero-order chi connectivity index (χ0) is 23.6. The maximum atomic E-state index is 13.1. The zero-order valence-electron chi connectivity index (χ0n) is 17.4. The van der Waals surface area contributed by atoms with Gasteiger partial charge in [-0.3, -0.25) is 19.1 Å². The standard InChI is InChI=1S/C24H18F3N3O2S/c1-15(31)30-13-19(23(32)29-18-7-5-17(6-8-18)24(25,26)27)22-20(30)3-2-4-21(22)33-14-16-9-11-28-12-10-16/h2-13H,14H2,1H3,(H,29,32). The normalized spacial score (nSPS) is 11.5. The molecule has 0 aliphatic carbocycles. The van der Waals surface area contributed by atoms with Crippen molar-refractivity contribution in [2.45, 2.75) is 23.7 Å². The van der Waals surface area contributed by atoms with Crippen LogP contribution in [0.1, 0.15) is 33.2 Å². The van der Waals surface area contributed by atoms with Crippen molar-refractivity contribution in [3.63, 3.8) is 0 Å². The number of pyridine rings is 1. The summed E-state index contributed by atoms with van der Waals surface area (Å²) in [6.45, 7) is 1.40. The molecule has 0 unspecified atom stereocenters. The molecule has 2 aromatic heterocycles. The van der Waals surface area contributed by atoms with Crippen molar-refractivity contribution >= 4 is 40.2 Å². The number of nitrogens with zero attached hydrogens (tertiary/aromatic N) is 2. The summed E-state index contributed by atoms with van der Waals surface area (Å²) >= 11 is 1.51. The molecule has 0 fully saturated rings. The van der Waals surface area contributed by atoms with Gasteiger partial charge in [-0.25, -0.2) is 0 Å². The molecule has 0 saturated carbocycles. The van der Waals surface area contributed by atoms with Crippen molar-refractivity contribution < 1.29 is 22.8 Å². The monoisotopic (exact) mass is 469 g/mol. The average molecular weight is 469 g/mol. The maximum Gasteiger partial charge on any atom is 0.416 e. The third-order valence-electron chi connectivity index (χ3n) is 4.99. The molecule has 0 bridgehead atoms. The Morgan fingerprint density at radius 1 is 1.03 bits per heavy atom. The van der Waals surface area contributed by atoms with Crippen LogP contribution in [-0.4, -0.2) is 21.4 Å². The number of aromatic nitrogens is 2. The fourth-order valence-electron chi connectivity index (χ4n) is 3.39. The highest BCUT2D eigenvalue weighted by Gasteiger charge is 2.30. The molecule has 0 aliphatic heterocycles. The molecule has 4 aromatic rings. The number of nitrogens with one attached hydrogen (secondary N) is 1. The number of halogens is 3. The molecule has 9 heteroatoms. The van der Waals surface area contributed by atoms with E-state index in [9.17, 15) is 22.8 Å². The molecule has 4 rings (SSSR count). The number of carbonyl (C=O) groups excluding carboxylic acids is 2. The molecular formula is C24H18F3N3O2S. The van der Waals surface area contributed by atoms with Crippen LogP contribution in [0.4, 0.5) is 18.9 Å². The van der Waals surface area contributed by atoms with E-state index in [1.165, 1.54) is 41.6 Å². The predicted molar refractivity (Wildman–Crippen MR) is 121 cm³/mol. The van der Waals surface area contributed by atoms with Crippen LogP contribution in [0.5, 0.6) is 0 Å². The van der Waals surface area contributed by atoms with Gasteiger partial charge in [0.25, 0.3) is 5.91 Å². The van der Waals surface area contributed by atoms with E-state index < -0.39 is 17.6 Å². The third kappa shape index (κ3) is 4.93. The predicted octanol–water partition coefficient (Wildman–Crippen LogP) is 6.26. The lowest BCUT2D eigenvalue weighted by atomic mass is 10.1. The molecule has 33 heavy (non-hydrogen) atoms. The van der Waals surface area contributed by atoms with Crippen LogP contribution < -0.4 is 5.32 Å². The average Bonchev–Trinajstić information content (AvgIpc) is 3.19. The third-order valence-corrected chi connectivity index (χ3v) is 6.12. The number of hydrogen-bond acceptors (Lipinski definition) is 4. The van der Waals surface area contributed by atoms with Gasteiger partial charge in [0.15, 0.2) is 0 Å². The van der Waals surface area contributed by atoms with Crippen molar-refractivity contribution in [1.82, 2.24) is 9.55 Å². The van der Waals surface area contributed by atoms with Crippen LogP contribution in [0.2, 0.25) is 0 Å². The SMILES string of the molecule is CC(=O)n1cc(C(=O)Nc2ccc(C(F)(F)F)cc2)c2c(SCc3ccncc3)cccc21. The van der Waals surface area contributed by atoms with Crippen molar-refractivity contribution in [3.05, 3.63) is 89.9 Å². The van der Waals surface area contributed by atoms with Crippen LogP contribution in [0, 0.1) is 0 Å². The van der Waals surface area contributed by atoms with E-state index in [2.05, 4.69) is 10.3 Å². The number of anilines is 1. The van der Waals surface area contributed by atoms with Gasteiger partial charge in [0.2, 0.25) is 5.91 Å². The highest BCUT2D eigenvalue weighted by Crippen LogP contribution is 2.35. The summed E-state index contributed by atoms with van der Waals surface area (Å²) < 4.78 is 39.8. The van der Waals surface area contributed by atoms with E-state index in [0.29, 0.717) is 16.7 Å². The van der Waals surface area contributed by atoms with Crippen molar-refractivity contribution in [2.24, 2.45) is 0 Å². The lowest BCUT2D eigenvalue weighted by Crippen LogP contribution is -2.12. The van der Waals surface area contributed by atoms with E-state index in [1.54, 1.807) is 18.5 Å². The van der Waals surface area contributed by atoms with E-state index in [1.807, 2.05) is 24.3 Å². The minimum atomic E-state index is -4.46. The van der Waals surface area contributed by atoms with Gasteiger partial charge in [0.05, 0.1) is 16.6 Å². The lowest BCUT2D eigenvalue weighted by Gasteiger charge is -2.09. The van der Waals surface area contributed by atoms with Crippen LogP contribution in [0.3, 0.4) is 0 Å². The van der Waals surface area contributed by atoms with Gasteiger partial charge in [-0.15, -0.1) is 11.8 Å². The Hall–Kier alpha value is -3.59. The van der Waals surface area contributed by atoms with Crippen LogP contribution in [-0.2, 0) is 11.9 Å². The van der Waals surface area contributed by atoms with Crippen LogP contribution >= 0.6 is 11.8 Å². The summed E-state index contributed by atoms with van der Waals surface area (Å²) in [6, 6.07) is 13.4. The number of carbonyl (C=O) groups is 2. The molecule has 1 amide bonds. The molecule has 0 saturated heterocycles. The number of benzene rings is 2. The quantitative estimate of drug-likeness (QED) is 0.351. The summed E-state index contributed by atoms with van der Waals surface area (Å²) in [6.07, 6.45) is 0.401. The Morgan fingerprint density at radius 2 is 1.73 bits per heavy atom. The van der Waals surface area contributed by atoms with Gasteiger partial charge >= 0.3 is 6.18 Å². The van der Waals surface area contributed by atoms with Gasteiger partial charge in [-0.05, 0) is 54.1 Å². The van der Waals surface area contributed by atoms with Crippen LogP contribution in [0.25, 0.3) is 10.9 Å². The Kier molecular flexibility index (Phi) is 6.24. The van der Waals surface area contributed by atoms with E-state index in [-0.39, 0.29) is 17.2 Å². The van der Waals surface area contributed by atoms with Crippen molar-refractivity contribution in [1.29, 1.82) is 0 Å². The molecule has 0 atom stereocenters. The largest absolute Gasteiger partial charge is 0.416 e. The van der Waals surface area contributed by atoms with E-state index >= 15 is 0 Å². The maximum absolute atomic E-state index is 13.1. The first-order valence-corrected chi connectivity index (χ1v) is 10.9. The Morgan fingerprint density at radius 3 is 2.36 bits per heavy atom. The van der Waals surface area contributed by atoms with E-state index in [0.717, 1.165) is 22.6 Å². The van der Waals surface area contributed by atoms with Gasteiger partial charge in [0.1, 0.15) is 0 Å². The Labute approximate surface area is 191 Å². The topological polar surface area (TPSA) is 64.0 Å². The molecule has 1 N–H and O–H groups in total. The number of alkyl halides is 3. The Balaban J connectivity index is 1.68. The molecule has 168 valence electrons. The molecule has 2 heterocycles. The second kappa shape index (κ2) is 9.11. The molecule has 2 aromatic carbocycles. The van der Waals surface area contributed by atoms with Crippen LogP contribution in [0.15, 0.2) is 78.1 Å². The molecule has 0 spiro atoms. The van der Waals surface area contributed by atoms with Crippen molar-refractivity contribution in [2.75, 3.05) is 5.32 Å². The number of fused-ring (bicyclic) bond motifs is 1. The van der Waals surface area contributed by atoms with Gasteiger partial charge in [-0.1, -0.05) is 6.07 Å². The fraction of sp³-hybridized carbons (Fsp3) is 0.125. The molecule has 5 nitrogen and oxygen atoms in total. The summed E-state index contributed by atoms with van der Waals surface area (Å²) in [5.41, 5.74) is 1.31. The van der Waals surface area contributed by atoms with Gasteiger partial charge in [-0.2, -0.15) is 13.2 Å².